The van der Waals surface area contributed by atoms with Crippen LogP contribution in [-0.2, 0) is 24.3 Å². The number of rotatable bonds is 9. The number of carbonyl (C=O) groups excluding carboxylic acids is 1. The minimum atomic E-state index is 0.107. The highest BCUT2D eigenvalue weighted by Crippen LogP contribution is 2.42. The number of aromatic nitrogens is 2. The summed E-state index contributed by atoms with van der Waals surface area (Å²) in [5.41, 5.74) is 7.93. The van der Waals surface area contributed by atoms with E-state index in [4.69, 9.17) is 37.7 Å². The highest BCUT2D eigenvalue weighted by Gasteiger charge is 2.22. The Morgan fingerprint density at radius 2 is 1.84 bits per heavy atom. The van der Waals surface area contributed by atoms with Crippen LogP contribution in [0.2, 0.25) is 10.0 Å². The first-order chi connectivity index (χ1) is 21.0. The van der Waals surface area contributed by atoms with Crippen LogP contribution in [-0.4, -0.2) is 49.2 Å². The molecule has 43 heavy (non-hydrogen) atoms. The lowest BCUT2D eigenvalue weighted by Crippen LogP contribution is -2.35. The molecule has 222 valence electrons. The molecule has 2 aromatic heterocycles. The van der Waals surface area contributed by atoms with Crippen LogP contribution in [0.1, 0.15) is 29.5 Å². The molecule has 3 N–H and O–H groups in total. The van der Waals surface area contributed by atoms with Crippen molar-refractivity contribution in [1.29, 1.82) is 0 Å². The van der Waals surface area contributed by atoms with E-state index in [2.05, 4.69) is 27.0 Å². The Hall–Kier alpha value is -3.69. The summed E-state index contributed by atoms with van der Waals surface area (Å²) in [6.07, 6.45) is 4.09. The Kier molecular flexibility index (Phi) is 8.81. The molecule has 1 amide bonds. The van der Waals surface area contributed by atoms with Crippen LogP contribution < -0.4 is 25.4 Å². The Bertz CT molecular complexity index is 1660. The normalized spacial score (nSPS) is 16.1. The molecule has 0 aliphatic carbocycles. The number of nitrogens with one attached hydrogen (secondary N) is 3. The number of amides is 1. The summed E-state index contributed by atoms with van der Waals surface area (Å²) in [6.45, 7) is 2.95. The maximum absolute atomic E-state index is 11.5. The largest absolute Gasteiger partial charge is 0.496 e. The molecule has 0 bridgehead atoms. The Morgan fingerprint density at radius 1 is 1.00 bits per heavy atom. The van der Waals surface area contributed by atoms with Gasteiger partial charge in [-0.25, -0.2) is 4.98 Å². The van der Waals surface area contributed by atoms with Crippen LogP contribution in [0.4, 0.5) is 0 Å². The van der Waals surface area contributed by atoms with Gasteiger partial charge in [-0.3, -0.25) is 9.78 Å². The molecule has 0 saturated carbocycles. The number of benzene rings is 2. The standard InChI is InChI=1S/C33H33Cl2N5O3/c1-42-28-15-21(14-19-10-12-36-18-26(19)28)32-31(35)24(11-13-38-32)23-4-3-5-25(30(23)34)27-8-6-20(33(40-27)43-2)16-37-17-22-7-9-29(41)39-22/h3-6,8,11,13-15,22,36-37H,7,9-10,12,16-18H2,1-2H3,(H,39,41)/t22-/m0/s1. The van der Waals surface area contributed by atoms with Crippen molar-refractivity contribution in [2.45, 2.75) is 38.4 Å². The lowest BCUT2D eigenvalue weighted by atomic mass is 9.94. The molecular formula is C33H33Cl2N5O3. The molecule has 1 fully saturated rings. The molecule has 2 aromatic carbocycles. The summed E-state index contributed by atoms with van der Waals surface area (Å²) in [6, 6.07) is 16.0. The van der Waals surface area contributed by atoms with Gasteiger partial charge in [-0.1, -0.05) is 47.5 Å². The van der Waals surface area contributed by atoms with E-state index in [0.29, 0.717) is 46.8 Å². The van der Waals surface area contributed by atoms with E-state index >= 15 is 0 Å². The zero-order valence-corrected chi connectivity index (χ0v) is 25.6. The highest BCUT2D eigenvalue weighted by molar-refractivity contribution is 6.39. The van der Waals surface area contributed by atoms with Crippen LogP contribution in [0, 0.1) is 0 Å². The molecule has 4 aromatic rings. The fourth-order valence-corrected chi connectivity index (χ4v) is 6.46. The first-order valence-electron chi connectivity index (χ1n) is 14.4. The second kappa shape index (κ2) is 12.9. The van der Waals surface area contributed by atoms with Gasteiger partial charge in [0.15, 0.2) is 0 Å². The monoisotopic (exact) mass is 617 g/mol. The van der Waals surface area contributed by atoms with Crippen molar-refractivity contribution < 1.29 is 14.3 Å². The van der Waals surface area contributed by atoms with Gasteiger partial charge < -0.3 is 25.4 Å². The Balaban J connectivity index is 1.29. The molecule has 2 aliphatic heterocycles. The third kappa shape index (κ3) is 6.06. The fourth-order valence-electron chi connectivity index (χ4n) is 5.81. The van der Waals surface area contributed by atoms with Crippen molar-refractivity contribution >= 4 is 29.1 Å². The van der Waals surface area contributed by atoms with Gasteiger partial charge in [-0.15, -0.1) is 0 Å². The molecule has 1 saturated heterocycles. The predicted octanol–water partition coefficient (Wildman–Crippen LogP) is 5.82. The minimum absolute atomic E-state index is 0.107. The van der Waals surface area contributed by atoms with Gasteiger partial charge in [0.1, 0.15) is 5.75 Å². The SMILES string of the molecule is COc1cc(-c2nccc(-c3cccc(-c4ccc(CNC[C@@H]5CCC(=O)N5)c(OC)n4)c3Cl)c2Cl)cc2c1CNCC2. The number of pyridine rings is 2. The lowest BCUT2D eigenvalue weighted by Gasteiger charge is -2.21. The number of hydrogen-bond donors (Lipinski definition) is 3. The Labute approximate surface area is 261 Å². The molecule has 4 heterocycles. The van der Waals surface area contributed by atoms with Crippen LogP contribution in [0.15, 0.2) is 54.7 Å². The summed E-state index contributed by atoms with van der Waals surface area (Å²) >= 11 is 14.1. The van der Waals surface area contributed by atoms with E-state index in [1.165, 1.54) is 11.1 Å². The summed E-state index contributed by atoms with van der Waals surface area (Å²) in [5.74, 6) is 1.45. The van der Waals surface area contributed by atoms with E-state index in [0.717, 1.165) is 59.5 Å². The van der Waals surface area contributed by atoms with Gasteiger partial charge in [0, 0.05) is 71.7 Å². The first-order valence-corrected chi connectivity index (χ1v) is 15.1. The van der Waals surface area contributed by atoms with Crippen molar-refractivity contribution in [2.24, 2.45) is 0 Å². The molecule has 0 unspecified atom stereocenters. The number of nitrogens with zero attached hydrogens (tertiary/aromatic N) is 2. The topological polar surface area (TPSA) is 97.4 Å². The smallest absolute Gasteiger partial charge is 0.220 e. The van der Waals surface area contributed by atoms with E-state index in [1.807, 2.05) is 42.5 Å². The minimum Gasteiger partial charge on any atom is -0.496 e. The second-order valence-electron chi connectivity index (χ2n) is 10.7. The van der Waals surface area contributed by atoms with Gasteiger partial charge in [-0.2, -0.15) is 0 Å². The van der Waals surface area contributed by atoms with Crippen molar-refractivity contribution in [3.63, 3.8) is 0 Å². The summed E-state index contributed by atoms with van der Waals surface area (Å²) in [4.78, 5) is 20.9. The van der Waals surface area contributed by atoms with E-state index in [-0.39, 0.29) is 11.9 Å². The zero-order chi connectivity index (χ0) is 29.9. The molecule has 2 aliphatic rings. The lowest BCUT2D eigenvalue weighted by molar-refractivity contribution is -0.119. The molecule has 0 radical (unpaired) electrons. The van der Waals surface area contributed by atoms with Crippen molar-refractivity contribution in [3.8, 4) is 45.3 Å². The average Bonchev–Trinajstić information content (AvgIpc) is 3.45. The number of ether oxygens (including phenoxy) is 2. The Morgan fingerprint density at radius 3 is 2.63 bits per heavy atom. The highest BCUT2D eigenvalue weighted by atomic mass is 35.5. The van der Waals surface area contributed by atoms with Crippen LogP contribution in [0.3, 0.4) is 0 Å². The van der Waals surface area contributed by atoms with Gasteiger partial charge in [0.25, 0.3) is 0 Å². The third-order valence-electron chi connectivity index (χ3n) is 8.05. The van der Waals surface area contributed by atoms with Gasteiger partial charge in [0.2, 0.25) is 11.8 Å². The van der Waals surface area contributed by atoms with Gasteiger partial charge in [0.05, 0.1) is 35.7 Å². The molecule has 8 nitrogen and oxygen atoms in total. The van der Waals surface area contributed by atoms with E-state index in [9.17, 15) is 4.79 Å². The number of methoxy groups -OCH3 is 2. The van der Waals surface area contributed by atoms with Crippen molar-refractivity contribution in [3.05, 3.63) is 81.5 Å². The quantitative estimate of drug-likeness (QED) is 0.218. The van der Waals surface area contributed by atoms with Crippen LogP contribution in [0.25, 0.3) is 33.6 Å². The zero-order valence-electron chi connectivity index (χ0n) is 24.1. The van der Waals surface area contributed by atoms with Crippen LogP contribution in [0.5, 0.6) is 11.6 Å². The summed E-state index contributed by atoms with van der Waals surface area (Å²) < 4.78 is 11.4. The third-order valence-corrected chi connectivity index (χ3v) is 8.84. The molecule has 1 atom stereocenters. The molecule has 6 rings (SSSR count). The van der Waals surface area contributed by atoms with Crippen molar-refractivity contribution in [1.82, 2.24) is 25.9 Å². The van der Waals surface area contributed by atoms with Crippen LogP contribution >= 0.6 is 23.2 Å². The number of carbonyl (C=O) groups is 1. The second-order valence-corrected chi connectivity index (χ2v) is 11.5. The average molecular weight is 619 g/mol. The maximum atomic E-state index is 11.5. The number of halogens is 2. The first kappa shape index (κ1) is 29.4. The summed E-state index contributed by atoms with van der Waals surface area (Å²) in [5, 5.41) is 10.8. The van der Waals surface area contributed by atoms with E-state index in [1.54, 1.807) is 20.4 Å². The number of hydrogen-bond acceptors (Lipinski definition) is 7. The van der Waals surface area contributed by atoms with E-state index < -0.39 is 0 Å². The predicted molar refractivity (Wildman–Crippen MR) is 170 cm³/mol. The van der Waals surface area contributed by atoms with Gasteiger partial charge in [-0.05, 0) is 49.2 Å². The number of fused-ring (bicyclic) bond motifs is 1. The molecule has 10 heteroatoms. The molecule has 0 spiro atoms. The van der Waals surface area contributed by atoms with Gasteiger partial charge >= 0.3 is 0 Å². The maximum Gasteiger partial charge on any atom is 0.220 e. The van der Waals surface area contributed by atoms with Crippen molar-refractivity contribution in [2.75, 3.05) is 27.3 Å². The molecular weight excluding hydrogens is 585 g/mol. The fraction of sp³-hybridized carbons (Fsp3) is 0.303. The summed E-state index contributed by atoms with van der Waals surface area (Å²) in [7, 11) is 3.29.